The third-order valence-electron chi connectivity index (χ3n) is 5.91. The molecule has 0 spiro atoms. The van der Waals surface area contributed by atoms with E-state index in [1.165, 1.54) is 48.4 Å². The highest BCUT2D eigenvalue weighted by Gasteiger charge is 2.52. The number of halogens is 1. The van der Waals surface area contributed by atoms with Crippen LogP contribution in [-0.2, 0) is 19.6 Å². The summed E-state index contributed by atoms with van der Waals surface area (Å²) in [6.07, 6.45) is 0. The Morgan fingerprint density at radius 3 is 2.27 bits per heavy atom. The minimum absolute atomic E-state index is 0.295. The van der Waals surface area contributed by atoms with Crippen molar-refractivity contribution < 1.29 is 32.8 Å². The van der Waals surface area contributed by atoms with Gasteiger partial charge in [-0.15, -0.1) is 0 Å². The molecule has 1 fully saturated rings. The van der Waals surface area contributed by atoms with Crippen LogP contribution in [0.3, 0.4) is 0 Å². The van der Waals surface area contributed by atoms with Gasteiger partial charge in [-0.25, -0.2) is 8.42 Å². The first-order valence-corrected chi connectivity index (χ1v) is 12.6. The molecule has 0 unspecified atom stereocenters. The summed E-state index contributed by atoms with van der Waals surface area (Å²) in [5.41, 5.74) is -0.136. The Balaban J connectivity index is 1.92. The monoisotopic (exact) mass is 545 g/mol. The molecule has 1 amide bonds. The summed E-state index contributed by atoms with van der Waals surface area (Å²) in [7, 11) is -3.35. The summed E-state index contributed by atoms with van der Waals surface area (Å²) < 4.78 is 33.0. The number of nitro groups is 1. The minimum Gasteiger partial charge on any atom is -0.497 e. The van der Waals surface area contributed by atoms with Crippen molar-refractivity contribution in [3.05, 3.63) is 93.5 Å². The van der Waals surface area contributed by atoms with Crippen LogP contribution < -0.4 is 9.64 Å². The zero-order chi connectivity index (χ0) is 26.9. The van der Waals surface area contributed by atoms with E-state index in [4.69, 9.17) is 16.3 Å². The molecule has 3 aromatic rings. The summed E-state index contributed by atoms with van der Waals surface area (Å²) in [5, 5.41) is 22.2. The van der Waals surface area contributed by atoms with E-state index in [0.29, 0.717) is 26.3 Å². The maximum Gasteiger partial charge on any atom is 0.324 e. The molecule has 0 bridgehead atoms. The summed E-state index contributed by atoms with van der Waals surface area (Å²) in [4.78, 5) is 37.3. The van der Waals surface area contributed by atoms with Gasteiger partial charge in [0.1, 0.15) is 11.8 Å². The number of carbonyl (C=O) groups excluding carboxylic acids is 1. The molecule has 1 N–H and O–H groups in total. The molecule has 2 atom stereocenters. The number of aliphatic carboxylic acids is 1. The molecule has 1 aliphatic rings. The van der Waals surface area contributed by atoms with E-state index >= 15 is 0 Å². The fourth-order valence-electron chi connectivity index (χ4n) is 4.25. The summed E-state index contributed by atoms with van der Waals surface area (Å²) >= 11 is 6.01. The highest BCUT2D eigenvalue weighted by molar-refractivity contribution is 7.89. The molecule has 0 radical (unpaired) electrons. The van der Waals surface area contributed by atoms with Crippen LogP contribution in [0.15, 0.2) is 77.7 Å². The Hall–Kier alpha value is -4.00. The SMILES string of the molecule is COc1ccc(N2C(=O)CN(S(=O)(=O)c3ccccc3[N+](=O)[O-])[C@H](C(=O)O)[C@H]2c2ccc(Cl)cc2)cc1. The van der Waals surface area contributed by atoms with Gasteiger partial charge in [0.25, 0.3) is 15.7 Å². The standard InChI is InChI=1S/C24H20ClN3O8S/c1-36-18-12-10-17(11-13-18)27-21(29)14-26(37(34,35)20-5-3-2-4-19(20)28(32)33)23(24(30)31)22(27)15-6-8-16(25)9-7-15/h2-13,22-23H,14H2,1H3,(H,30,31)/t22-,23+/m1/s1. The summed E-state index contributed by atoms with van der Waals surface area (Å²) in [5.74, 6) is -1.79. The van der Waals surface area contributed by atoms with Crippen LogP contribution in [0.1, 0.15) is 11.6 Å². The molecule has 0 saturated carbocycles. The van der Waals surface area contributed by atoms with E-state index in [1.54, 1.807) is 24.3 Å². The lowest BCUT2D eigenvalue weighted by Crippen LogP contribution is -2.62. The molecule has 4 rings (SSSR count). The number of ether oxygens (including phenoxy) is 1. The zero-order valence-corrected chi connectivity index (χ0v) is 20.8. The van der Waals surface area contributed by atoms with Gasteiger partial charge in [-0.2, -0.15) is 4.31 Å². The number of nitro benzene ring substituents is 1. The Labute approximate surface area is 216 Å². The van der Waals surface area contributed by atoms with Crippen LogP contribution in [0, 0.1) is 10.1 Å². The Kier molecular flexibility index (Phi) is 7.16. The molecule has 11 nitrogen and oxygen atoms in total. The normalized spacial score (nSPS) is 18.4. The van der Waals surface area contributed by atoms with Crippen molar-refractivity contribution in [3.63, 3.8) is 0 Å². The molecule has 1 saturated heterocycles. The van der Waals surface area contributed by atoms with Crippen molar-refractivity contribution in [1.82, 2.24) is 4.31 Å². The van der Waals surface area contributed by atoms with E-state index in [2.05, 4.69) is 0 Å². The molecule has 0 aromatic heterocycles. The van der Waals surface area contributed by atoms with Gasteiger partial charge in [0, 0.05) is 16.8 Å². The first-order valence-electron chi connectivity index (χ1n) is 10.8. The van der Waals surface area contributed by atoms with Crippen LogP contribution in [-0.4, -0.2) is 54.3 Å². The van der Waals surface area contributed by atoms with E-state index in [0.717, 1.165) is 12.1 Å². The molecule has 13 heteroatoms. The van der Waals surface area contributed by atoms with E-state index in [-0.39, 0.29) is 0 Å². The molecular weight excluding hydrogens is 526 g/mol. The van der Waals surface area contributed by atoms with Crippen molar-refractivity contribution in [2.24, 2.45) is 0 Å². The lowest BCUT2D eigenvalue weighted by Gasteiger charge is -2.44. The minimum atomic E-state index is -4.81. The van der Waals surface area contributed by atoms with Gasteiger partial charge in [0.05, 0.1) is 24.6 Å². The Bertz CT molecular complexity index is 1460. The third kappa shape index (κ3) is 4.86. The van der Waals surface area contributed by atoms with Crippen molar-refractivity contribution >= 4 is 44.9 Å². The van der Waals surface area contributed by atoms with Gasteiger partial charge in [-0.05, 0) is 48.0 Å². The predicted molar refractivity (Wildman–Crippen MR) is 133 cm³/mol. The second-order valence-corrected chi connectivity index (χ2v) is 10.3. The van der Waals surface area contributed by atoms with Crippen molar-refractivity contribution in [3.8, 4) is 5.75 Å². The number of benzene rings is 3. The second kappa shape index (κ2) is 10.2. The van der Waals surface area contributed by atoms with Gasteiger partial charge in [-0.3, -0.25) is 19.7 Å². The van der Waals surface area contributed by atoms with Gasteiger partial charge >= 0.3 is 5.97 Å². The number of carboxylic acid groups (broad SMARTS) is 1. The zero-order valence-electron chi connectivity index (χ0n) is 19.2. The van der Waals surface area contributed by atoms with Crippen LogP contribution >= 0.6 is 11.6 Å². The second-order valence-electron chi connectivity index (χ2n) is 8.02. The topological polar surface area (TPSA) is 147 Å². The maximum atomic E-state index is 13.7. The summed E-state index contributed by atoms with van der Waals surface area (Å²) in [6, 6.07) is 13.6. The molecule has 192 valence electrons. The largest absolute Gasteiger partial charge is 0.497 e. The predicted octanol–water partition coefficient (Wildman–Crippen LogP) is 3.49. The number of sulfonamides is 1. The molecule has 3 aromatic carbocycles. The number of amides is 1. The van der Waals surface area contributed by atoms with E-state index in [1.807, 2.05) is 0 Å². The lowest BCUT2D eigenvalue weighted by atomic mass is 9.94. The van der Waals surface area contributed by atoms with Crippen LogP contribution in [0.5, 0.6) is 5.75 Å². The number of rotatable bonds is 7. The number of piperazine rings is 1. The molecule has 37 heavy (non-hydrogen) atoms. The van der Waals surface area contributed by atoms with Crippen LogP contribution in [0.2, 0.25) is 5.02 Å². The average molecular weight is 546 g/mol. The Morgan fingerprint density at radius 1 is 1.08 bits per heavy atom. The van der Waals surface area contributed by atoms with E-state index < -0.39 is 56.0 Å². The molecule has 0 aliphatic carbocycles. The quantitative estimate of drug-likeness (QED) is 0.350. The Morgan fingerprint density at radius 2 is 1.70 bits per heavy atom. The third-order valence-corrected chi connectivity index (χ3v) is 8.04. The van der Waals surface area contributed by atoms with Crippen LogP contribution in [0.25, 0.3) is 0 Å². The molecule has 1 heterocycles. The van der Waals surface area contributed by atoms with Crippen molar-refractivity contribution in [2.75, 3.05) is 18.6 Å². The number of carbonyl (C=O) groups is 2. The molecular formula is C24H20ClN3O8S. The van der Waals surface area contributed by atoms with Gasteiger partial charge < -0.3 is 14.7 Å². The first-order chi connectivity index (χ1) is 17.6. The fraction of sp³-hybridized carbons (Fsp3) is 0.167. The fourth-order valence-corrected chi connectivity index (χ4v) is 6.07. The summed E-state index contributed by atoms with van der Waals surface area (Å²) in [6.45, 7) is -0.860. The number of methoxy groups -OCH3 is 1. The van der Waals surface area contributed by atoms with Crippen molar-refractivity contribution in [2.45, 2.75) is 17.0 Å². The number of nitrogens with zero attached hydrogens (tertiary/aromatic N) is 3. The van der Waals surface area contributed by atoms with Crippen LogP contribution in [0.4, 0.5) is 11.4 Å². The highest BCUT2D eigenvalue weighted by Crippen LogP contribution is 2.40. The number of carboxylic acids is 1. The van der Waals surface area contributed by atoms with Gasteiger partial charge in [-0.1, -0.05) is 35.9 Å². The smallest absolute Gasteiger partial charge is 0.324 e. The van der Waals surface area contributed by atoms with Gasteiger partial charge in [0.2, 0.25) is 5.91 Å². The maximum absolute atomic E-state index is 13.7. The van der Waals surface area contributed by atoms with Crippen molar-refractivity contribution in [1.29, 1.82) is 0 Å². The number of hydrogen-bond donors (Lipinski definition) is 1. The number of para-hydroxylation sites is 1. The lowest BCUT2D eigenvalue weighted by molar-refractivity contribution is -0.387. The molecule has 1 aliphatic heterocycles. The number of hydrogen-bond acceptors (Lipinski definition) is 7. The average Bonchev–Trinajstić information content (AvgIpc) is 2.88. The first kappa shape index (κ1) is 26.1. The van der Waals surface area contributed by atoms with Gasteiger partial charge in [0.15, 0.2) is 4.90 Å². The van der Waals surface area contributed by atoms with E-state index in [9.17, 15) is 33.2 Å². The highest BCUT2D eigenvalue weighted by atomic mass is 35.5. The number of anilines is 1.